The molecule has 0 radical (unpaired) electrons. The molecule has 0 unspecified atom stereocenters. The van der Waals surface area contributed by atoms with Gasteiger partial charge in [0.1, 0.15) is 46.0 Å². The summed E-state index contributed by atoms with van der Waals surface area (Å²) in [7, 11) is 0. The van der Waals surface area contributed by atoms with Gasteiger partial charge in [-0.1, -0.05) is 263 Å². The van der Waals surface area contributed by atoms with Crippen molar-refractivity contribution in [2.75, 3.05) is 0 Å². The normalized spacial score (nSPS) is 15.1. The van der Waals surface area contributed by atoms with Gasteiger partial charge in [-0.25, -0.2) is 19.2 Å². The molecule has 12 heteroatoms. The molecule has 0 fully saturated rings. The molecule has 2 heterocycles. The average Bonchev–Trinajstić information content (AvgIpc) is 1.39. The van der Waals surface area contributed by atoms with E-state index in [0.29, 0.717) is 89.0 Å². The van der Waals surface area contributed by atoms with Gasteiger partial charge >= 0.3 is 23.9 Å². The topological polar surface area (TPSA) is 186 Å². The highest BCUT2D eigenvalue weighted by Gasteiger charge is 2.39. The molecule has 0 aromatic heterocycles. The lowest BCUT2D eigenvalue weighted by molar-refractivity contribution is 0.0677. The number of rotatable bonds is 0. The number of aromatic hydroxyl groups is 4. The van der Waals surface area contributed by atoms with Crippen LogP contribution in [0.5, 0.6) is 46.0 Å². The molecule has 110 heavy (non-hydrogen) atoms. The Labute approximate surface area is 650 Å². The molecule has 574 valence electrons. The zero-order valence-corrected chi connectivity index (χ0v) is 69.1. The first kappa shape index (κ1) is 78.2. The number of hydrogen-bond acceptors (Lipinski definition) is 12. The number of fused-ring (bicyclic) bond motifs is 10. The highest BCUT2D eigenvalue weighted by atomic mass is 16.6. The first-order valence-electron chi connectivity index (χ1n) is 38.9. The van der Waals surface area contributed by atoms with E-state index in [9.17, 15) is 20.4 Å². The Balaban J connectivity index is 1.14. The van der Waals surface area contributed by atoms with E-state index >= 15 is 19.2 Å². The number of carbonyl (C=O) groups is 4. The summed E-state index contributed by atoms with van der Waals surface area (Å²) in [6, 6.07) is 34.5. The molecule has 9 aromatic carbocycles. The van der Waals surface area contributed by atoms with E-state index in [4.69, 9.17) is 18.9 Å². The van der Waals surface area contributed by atoms with E-state index in [1.54, 1.807) is 0 Å². The van der Waals surface area contributed by atoms with Gasteiger partial charge in [-0.3, -0.25) is 0 Å². The van der Waals surface area contributed by atoms with Crippen LogP contribution in [0.1, 0.15) is 341 Å². The van der Waals surface area contributed by atoms with Crippen LogP contribution in [0.15, 0.2) is 109 Å². The third-order valence-corrected chi connectivity index (χ3v) is 22.8. The molecule has 12 nitrogen and oxygen atoms in total. The lowest BCUT2D eigenvalue weighted by Crippen LogP contribution is -2.24. The molecule has 0 atom stereocenters. The van der Waals surface area contributed by atoms with Crippen molar-refractivity contribution in [3.63, 3.8) is 0 Å². The van der Waals surface area contributed by atoms with Crippen LogP contribution in [-0.2, 0) is 94.7 Å². The van der Waals surface area contributed by atoms with Gasteiger partial charge in [0.15, 0.2) is 0 Å². The zero-order valence-electron chi connectivity index (χ0n) is 69.1. The van der Waals surface area contributed by atoms with Crippen LogP contribution in [-0.4, -0.2) is 44.3 Å². The van der Waals surface area contributed by atoms with Gasteiger partial charge in [-0.15, -0.1) is 0 Å². The third kappa shape index (κ3) is 15.3. The van der Waals surface area contributed by atoms with Crippen molar-refractivity contribution < 1.29 is 58.6 Å². The summed E-state index contributed by atoms with van der Waals surface area (Å²) in [6.07, 6.45) is 0.618. The number of phenolic OH excluding ortho intramolecular Hbond substituents is 4. The maximum Gasteiger partial charge on any atom is 0.344 e. The predicted molar refractivity (Wildman–Crippen MR) is 437 cm³/mol. The smallest absolute Gasteiger partial charge is 0.344 e. The minimum Gasteiger partial charge on any atom is -0.507 e. The van der Waals surface area contributed by atoms with E-state index in [1.165, 1.54) is 12.1 Å². The highest BCUT2D eigenvalue weighted by Crippen LogP contribution is 2.49. The Morgan fingerprint density at radius 3 is 0.427 bits per heavy atom. The summed E-state index contributed by atoms with van der Waals surface area (Å²) in [5, 5.41) is 51.7. The summed E-state index contributed by atoms with van der Waals surface area (Å²) in [6.45, 7) is 50.7. The fourth-order valence-corrected chi connectivity index (χ4v) is 15.7. The fraction of sp³-hybridized carbons (Fsp3) is 0.408. The SMILES string of the molecule is CC(C)(C)c1cc2c(O)c(c1)Cc1cc(C(C)(C)C)cc3c1OC(=O)c1cc4c(cc1C(=O)Oc1c(cc(C(C)(C)C)cc1C3)Cc1cc(C(C)(C)C)cc(c1O)C2)C(=O)Oc1c2cc(C(C)(C)C)cc1Cc1cc(C(C)(C)C)cc(c1OC4=O)Cc1cc(C(C)(C)C)cc(c1O)Cc1cc(C(C)(C)C)cc(c1O)C2. The Kier molecular flexibility index (Phi) is 19.1. The number of hydrogen-bond donors (Lipinski definition) is 4. The minimum absolute atomic E-state index is 0.0211. The highest BCUT2D eigenvalue weighted by molar-refractivity contribution is 6.12. The van der Waals surface area contributed by atoms with Gasteiger partial charge in [-0.2, -0.15) is 0 Å². The van der Waals surface area contributed by atoms with Crippen molar-refractivity contribution in [1.82, 2.24) is 0 Å². The number of esters is 4. The second kappa shape index (κ2) is 26.9. The van der Waals surface area contributed by atoms with Gasteiger partial charge in [0, 0.05) is 95.9 Å². The van der Waals surface area contributed by atoms with Gasteiger partial charge in [0.25, 0.3) is 0 Å². The van der Waals surface area contributed by atoms with Crippen molar-refractivity contribution in [2.24, 2.45) is 0 Å². The van der Waals surface area contributed by atoms with Gasteiger partial charge < -0.3 is 39.4 Å². The average molecular weight is 1480 g/mol. The predicted octanol–water partition coefficient (Wildman–Crippen LogP) is 21.7. The maximum absolute atomic E-state index is 16.4. The van der Waals surface area contributed by atoms with Crippen molar-refractivity contribution in [1.29, 1.82) is 0 Å². The van der Waals surface area contributed by atoms with Gasteiger partial charge in [-0.05, 0) is 144 Å². The van der Waals surface area contributed by atoms with Crippen molar-refractivity contribution in [2.45, 2.75) is 261 Å². The van der Waals surface area contributed by atoms with Crippen LogP contribution in [0.25, 0.3) is 0 Å². The van der Waals surface area contributed by atoms with Crippen molar-refractivity contribution in [3.8, 4) is 46.0 Å². The molecule has 20 bridgehead atoms. The summed E-state index contributed by atoms with van der Waals surface area (Å²) in [5.41, 5.74) is 10.9. The lowest BCUT2D eigenvalue weighted by atomic mass is 9.79. The molecule has 2 aliphatic carbocycles. The summed E-state index contributed by atoms with van der Waals surface area (Å²) in [5.74, 6) is -3.52. The van der Waals surface area contributed by atoms with Crippen LogP contribution >= 0.6 is 0 Å². The number of benzene rings is 9. The fourth-order valence-electron chi connectivity index (χ4n) is 15.7. The number of carbonyl (C=O) groups excluding carboxylic acids is 4. The molecule has 2 aliphatic heterocycles. The Morgan fingerprint density at radius 2 is 0.300 bits per heavy atom. The van der Waals surface area contributed by atoms with Gasteiger partial charge in [0.2, 0.25) is 0 Å². The summed E-state index contributed by atoms with van der Waals surface area (Å²) < 4.78 is 28.0. The van der Waals surface area contributed by atoms with E-state index in [0.717, 1.165) is 44.5 Å². The number of phenols is 4. The van der Waals surface area contributed by atoms with E-state index < -0.39 is 89.5 Å². The molecule has 4 N–H and O–H groups in total. The summed E-state index contributed by atoms with van der Waals surface area (Å²) >= 11 is 0. The Hall–Kier alpha value is -9.94. The first-order valence-corrected chi connectivity index (χ1v) is 38.9. The maximum atomic E-state index is 16.4. The second-order valence-corrected chi connectivity index (χ2v) is 40.0. The molecule has 4 aliphatic rings. The first-order chi connectivity index (χ1) is 50.8. The molecule has 13 rings (SSSR count). The Bertz CT molecular complexity index is 4720. The van der Waals surface area contributed by atoms with Crippen LogP contribution in [0.3, 0.4) is 0 Å². The van der Waals surface area contributed by atoms with Crippen LogP contribution in [0.4, 0.5) is 0 Å². The number of ether oxygens (including phenoxy) is 4. The standard InChI is InChI=1S/C98H110O12/c1-91(2,3)67-33-51-25-52-34-68(92(4,5)6)38-56(80(52)100)28-60-42-72(96(16,17)18)46-64-31-63-45-71(95(13,14)15)41-59(27-55(37-67)79(51)99)83(63)107-87(103)75-49-77-78(50-76(75)88(104)108-84(60)64)90(106)110-86-62-30-58-40-70(94(10,11)12)36-54(82(58)102)26-53-35-69(93(7,8)9)39-57(81(53)101)29-61-43-73(97(19,20)21)47-65(85(61)109-89(77)105)32-66(86)48-74(44-62)98(22,23)24/h33-50,99-102H,25-32H2,1-24H3. The quantitative estimate of drug-likeness (QED) is 0.0833. The largest absolute Gasteiger partial charge is 0.507 e. The van der Waals surface area contributed by atoms with Gasteiger partial charge in [0.05, 0.1) is 22.3 Å². The van der Waals surface area contributed by atoms with Crippen LogP contribution < -0.4 is 18.9 Å². The lowest BCUT2D eigenvalue weighted by Gasteiger charge is -2.27. The van der Waals surface area contributed by atoms with E-state index in [1.807, 2.05) is 97.1 Å². The monoisotopic (exact) mass is 1480 g/mol. The van der Waals surface area contributed by atoms with Crippen LogP contribution in [0.2, 0.25) is 0 Å². The molecule has 0 amide bonds. The summed E-state index contributed by atoms with van der Waals surface area (Å²) in [4.78, 5) is 65.7. The molecule has 9 aromatic rings. The molecule has 0 saturated heterocycles. The van der Waals surface area contributed by atoms with Crippen molar-refractivity contribution in [3.05, 3.63) is 265 Å². The molecular formula is C98H110O12. The minimum atomic E-state index is -1.06. The van der Waals surface area contributed by atoms with Crippen LogP contribution in [0, 0.1) is 0 Å². The second-order valence-electron chi connectivity index (χ2n) is 40.0. The zero-order chi connectivity index (χ0) is 80.3. The molecule has 0 spiro atoms. The molecular weight excluding hydrogens is 1370 g/mol. The van der Waals surface area contributed by atoms with E-state index in [-0.39, 0.29) is 97.4 Å². The van der Waals surface area contributed by atoms with Crippen molar-refractivity contribution >= 4 is 23.9 Å². The third-order valence-electron chi connectivity index (χ3n) is 22.8. The Morgan fingerprint density at radius 1 is 0.191 bits per heavy atom. The molecule has 0 saturated carbocycles. The van der Waals surface area contributed by atoms with E-state index in [2.05, 4.69) is 166 Å².